The number of carbonyl (C=O) groups excluding carboxylic acids is 2. The number of nitrogens with one attached hydrogen (secondary N) is 1. The summed E-state index contributed by atoms with van der Waals surface area (Å²) in [5, 5.41) is 12.6. The van der Waals surface area contributed by atoms with Gasteiger partial charge in [-0.05, 0) is 51.4 Å². The highest BCUT2D eigenvalue weighted by Crippen LogP contribution is 2.29. The van der Waals surface area contributed by atoms with E-state index in [1.807, 2.05) is 27.1 Å². The van der Waals surface area contributed by atoms with Crippen molar-refractivity contribution in [1.29, 1.82) is 0 Å². The van der Waals surface area contributed by atoms with Crippen LogP contribution in [-0.2, 0) is 11.2 Å². The molecule has 0 saturated carbocycles. The van der Waals surface area contributed by atoms with Crippen molar-refractivity contribution in [2.24, 2.45) is 5.92 Å². The summed E-state index contributed by atoms with van der Waals surface area (Å²) in [6.07, 6.45) is 3.11. The van der Waals surface area contributed by atoms with Crippen LogP contribution in [0.15, 0.2) is 42.7 Å². The van der Waals surface area contributed by atoms with Gasteiger partial charge in [0.05, 0.1) is 19.1 Å². The molecule has 32 heavy (non-hydrogen) atoms. The first-order valence-corrected chi connectivity index (χ1v) is 10.8. The van der Waals surface area contributed by atoms with Gasteiger partial charge in [-0.3, -0.25) is 14.6 Å². The second-order valence-corrected chi connectivity index (χ2v) is 8.66. The molecule has 0 spiro atoms. The molecule has 3 atom stereocenters. The molecule has 8 heteroatoms. The Hall–Kier alpha value is -2.97. The number of ether oxygens (including phenoxy) is 1. The summed E-state index contributed by atoms with van der Waals surface area (Å²) in [6, 6.07) is 8.37. The normalized spacial score (nSPS) is 19.9. The highest BCUT2D eigenvalue weighted by molar-refractivity contribution is 6.04. The fourth-order valence-electron chi connectivity index (χ4n) is 3.79. The number of carbonyl (C=O) groups is 2. The maximum atomic E-state index is 13.2. The van der Waals surface area contributed by atoms with Gasteiger partial charge < -0.3 is 25.0 Å². The number of amides is 2. The first kappa shape index (κ1) is 23.7. The molecular weight excluding hydrogens is 408 g/mol. The quantitative estimate of drug-likeness (QED) is 0.714. The Kier molecular flexibility index (Phi) is 7.82. The average molecular weight is 441 g/mol. The van der Waals surface area contributed by atoms with Crippen LogP contribution in [0.5, 0.6) is 5.75 Å². The molecular formula is C24H32N4O4. The van der Waals surface area contributed by atoms with Crippen molar-refractivity contribution >= 4 is 17.5 Å². The van der Waals surface area contributed by atoms with Crippen LogP contribution in [0.1, 0.15) is 29.8 Å². The number of aromatic nitrogens is 1. The smallest absolute Gasteiger partial charge is 0.255 e. The van der Waals surface area contributed by atoms with E-state index < -0.39 is 0 Å². The largest absolute Gasteiger partial charge is 0.488 e. The molecule has 1 aliphatic heterocycles. The third-order valence-electron chi connectivity index (χ3n) is 5.66. The van der Waals surface area contributed by atoms with E-state index in [-0.39, 0.29) is 42.9 Å². The standard InChI is InChI=1S/C24H32N4O4/c1-16-13-28(17(2)15-29)23(30)12-19-11-20(26-24(31)18-7-9-25-10-8-18)5-6-21(19)32-22(16)14-27(3)4/h5-11,16-17,22,29H,12-15H2,1-4H3,(H,26,31)/t16-,17-,22-/m1/s1. The maximum absolute atomic E-state index is 13.2. The van der Waals surface area contributed by atoms with Crippen LogP contribution in [-0.4, -0.2) is 77.6 Å². The zero-order valence-electron chi connectivity index (χ0n) is 19.1. The molecule has 2 heterocycles. The number of anilines is 1. The van der Waals surface area contributed by atoms with Crippen LogP contribution < -0.4 is 10.1 Å². The molecule has 2 aromatic rings. The molecule has 0 bridgehead atoms. The number of aliphatic hydroxyl groups excluding tert-OH is 1. The number of rotatable bonds is 6. The molecule has 0 fully saturated rings. The van der Waals surface area contributed by atoms with Crippen LogP contribution in [0.2, 0.25) is 0 Å². The average Bonchev–Trinajstić information content (AvgIpc) is 2.81. The zero-order chi connectivity index (χ0) is 23.3. The monoisotopic (exact) mass is 440 g/mol. The maximum Gasteiger partial charge on any atom is 0.255 e. The van der Waals surface area contributed by atoms with Crippen molar-refractivity contribution in [2.45, 2.75) is 32.4 Å². The van der Waals surface area contributed by atoms with E-state index in [1.54, 1.807) is 41.6 Å². The first-order valence-electron chi connectivity index (χ1n) is 10.8. The number of likely N-dealkylation sites (N-methyl/N-ethyl adjacent to an activating group) is 1. The van der Waals surface area contributed by atoms with Gasteiger partial charge in [-0.25, -0.2) is 0 Å². The number of pyridine rings is 1. The highest BCUT2D eigenvalue weighted by atomic mass is 16.5. The Balaban J connectivity index is 1.92. The van der Waals surface area contributed by atoms with Crippen molar-refractivity contribution in [3.8, 4) is 5.75 Å². The van der Waals surface area contributed by atoms with E-state index in [0.717, 1.165) is 0 Å². The van der Waals surface area contributed by atoms with Crippen molar-refractivity contribution in [2.75, 3.05) is 39.1 Å². The van der Waals surface area contributed by atoms with Crippen molar-refractivity contribution in [3.63, 3.8) is 0 Å². The Bertz CT molecular complexity index is 935. The van der Waals surface area contributed by atoms with Crippen LogP contribution in [0.25, 0.3) is 0 Å². The van der Waals surface area contributed by atoms with Gasteiger partial charge in [0.1, 0.15) is 11.9 Å². The minimum atomic E-state index is -0.291. The zero-order valence-corrected chi connectivity index (χ0v) is 19.1. The van der Waals surface area contributed by atoms with E-state index in [9.17, 15) is 14.7 Å². The van der Waals surface area contributed by atoms with Gasteiger partial charge in [-0.2, -0.15) is 0 Å². The summed E-state index contributed by atoms with van der Waals surface area (Å²) in [5.74, 6) is 0.369. The lowest BCUT2D eigenvalue weighted by Gasteiger charge is -2.33. The van der Waals surface area contributed by atoms with Gasteiger partial charge in [0.2, 0.25) is 5.91 Å². The van der Waals surface area contributed by atoms with Gasteiger partial charge in [-0.15, -0.1) is 0 Å². The predicted molar refractivity (Wildman–Crippen MR) is 123 cm³/mol. The van der Waals surface area contributed by atoms with E-state index in [0.29, 0.717) is 35.7 Å². The lowest BCUT2D eigenvalue weighted by atomic mass is 10.0. The van der Waals surface area contributed by atoms with Gasteiger partial charge in [0, 0.05) is 48.2 Å². The summed E-state index contributed by atoms with van der Waals surface area (Å²) < 4.78 is 6.39. The van der Waals surface area contributed by atoms with Crippen LogP contribution in [0.4, 0.5) is 5.69 Å². The molecule has 3 rings (SSSR count). The van der Waals surface area contributed by atoms with Gasteiger partial charge in [0.15, 0.2) is 0 Å². The minimum Gasteiger partial charge on any atom is -0.488 e. The van der Waals surface area contributed by atoms with E-state index in [4.69, 9.17) is 4.74 Å². The van der Waals surface area contributed by atoms with Crippen molar-refractivity contribution in [3.05, 3.63) is 53.9 Å². The number of hydrogen-bond donors (Lipinski definition) is 2. The van der Waals surface area contributed by atoms with Crippen LogP contribution >= 0.6 is 0 Å². The van der Waals surface area contributed by atoms with Crippen LogP contribution in [0.3, 0.4) is 0 Å². The molecule has 8 nitrogen and oxygen atoms in total. The van der Waals surface area contributed by atoms with E-state index >= 15 is 0 Å². The lowest BCUT2D eigenvalue weighted by molar-refractivity contribution is -0.134. The molecule has 2 N–H and O–H groups in total. The van der Waals surface area contributed by atoms with Gasteiger partial charge in [-0.1, -0.05) is 6.92 Å². The minimum absolute atomic E-state index is 0.0624. The second kappa shape index (κ2) is 10.6. The molecule has 1 aliphatic rings. The second-order valence-electron chi connectivity index (χ2n) is 8.66. The molecule has 0 radical (unpaired) electrons. The van der Waals surface area contributed by atoms with Crippen molar-refractivity contribution in [1.82, 2.24) is 14.8 Å². The van der Waals surface area contributed by atoms with Gasteiger partial charge in [0.25, 0.3) is 5.91 Å². The predicted octanol–water partition coefficient (Wildman–Crippen LogP) is 2.04. The van der Waals surface area contributed by atoms with E-state index in [1.165, 1.54) is 0 Å². The molecule has 0 saturated heterocycles. The third-order valence-corrected chi connectivity index (χ3v) is 5.66. The fourth-order valence-corrected chi connectivity index (χ4v) is 3.79. The number of fused-ring (bicyclic) bond motifs is 1. The fraction of sp³-hybridized carbons (Fsp3) is 0.458. The number of benzene rings is 1. The molecule has 0 unspecified atom stereocenters. The topological polar surface area (TPSA) is 95.0 Å². The molecule has 1 aromatic heterocycles. The van der Waals surface area contributed by atoms with Crippen LogP contribution in [0, 0.1) is 5.92 Å². The molecule has 1 aromatic carbocycles. The molecule has 0 aliphatic carbocycles. The summed E-state index contributed by atoms with van der Waals surface area (Å²) in [7, 11) is 3.97. The Labute approximate surface area is 189 Å². The first-order chi connectivity index (χ1) is 15.3. The summed E-state index contributed by atoms with van der Waals surface area (Å²) >= 11 is 0. The highest BCUT2D eigenvalue weighted by Gasteiger charge is 2.30. The Morgan fingerprint density at radius 1 is 1.31 bits per heavy atom. The Morgan fingerprint density at radius 3 is 2.69 bits per heavy atom. The summed E-state index contributed by atoms with van der Waals surface area (Å²) in [6.45, 7) is 4.99. The summed E-state index contributed by atoms with van der Waals surface area (Å²) in [5.41, 5.74) is 1.79. The number of nitrogens with zero attached hydrogens (tertiary/aromatic N) is 3. The van der Waals surface area contributed by atoms with Gasteiger partial charge >= 0.3 is 0 Å². The summed E-state index contributed by atoms with van der Waals surface area (Å²) in [4.78, 5) is 33.4. The number of hydrogen-bond acceptors (Lipinski definition) is 6. The van der Waals surface area contributed by atoms with E-state index in [2.05, 4.69) is 22.1 Å². The molecule has 172 valence electrons. The third kappa shape index (κ3) is 5.83. The van der Waals surface area contributed by atoms with Crippen molar-refractivity contribution < 1.29 is 19.4 Å². The Morgan fingerprint density at radius 2 is 2.03 bits per heavy atom. The lowest BCUT2D eigenvalue weighted by Crippen LogP contribution is -2.47. The molecule has 2 amide bonds. The number of aliphatic hydroxyl groups is 1. The SMILES string of the molecule is C[C@@H]1CN([C@H](C)CO)C(=O)Cc2cc(NC(=O)c3ccncc3)ccc2O[C@@H]1CN(C)C.